The van der Waals surface area contributed by atoms with Gasteiger partial charge in [0.15, 0.2) is 6.61 Å². The molecule has 234 valence electrons. The number of hydrogen-bond acceptors (Lipinski definition) is 7. The number of sulfonamides is 1. The van der Waals surface area contributed by atoms with Gasteiger partial charge < -0.3 is 24.4 Å². The summed E-state index contributed by atoms with van der Waals surface area (Å²) in [6.07, 6.45) is 1.75. The van der Waals surface area contributed by atoms with Gasteiger partial charge in [0.25, 0.3) is 5.91 Å². The van der Waals surface area contributed by atoms with Crippen LogP contribution >= 0.6 is 11.6 Å². The van der Waals surface area contributed by atoms with Gasteiger partial charge in [0.2, 0.25) is 15.9 Å². The van der Waals surface area contributed by atoms with E-state index in [1.807, 2.05) is 42.5 Å². The van der Waals surface area contributed by atoms with E-state index in [2.05, 4.69) is 5.32 Å². The quantitative estimate of drug-likeness (QED) is 0.320. The first kappa shape index (κ1) is 31.9. The summed E-state index contributed by atoms with van der Waals surface area (Å²) in [4.78, 5) is 29.2. The molecule has 0 unspecified atom stereocenters. The summed E-state index contributed by atoms with van der Waals surface area (Å²) >= 11 is 6.10. The molecule has 2 fully saturated rings. The Hall–Kier alpha value is -3.48. The summed E-state index contributed by atoms with van der Waals surface area (Å²) in [7, 11) is -3.66. The van der Waals surface area contributed by atoms with Gasteiger partial charge in [-0.25, -0.2) is 8.42 Å². The second-order valence-corrected chi connectivity index (χ2v) is 13.0. The minimum atomic E-state index is -3.66. The fourth-order valence-corrected chi connectivity index (χ4v) is 6.74. The maximum atomic E-state index is 13.9. The average molecular weight is 642 g/mol. The molecule has 44 heavy (non-hydrogen) atoms. The lowest BCUT2D eigenvalue weighted by Gasteiger charge is -2.32. The number of halogens is 1. The molecule has 1 N–H and O–H groups in total. The second kappa shape index (κ2) is 15.0. The Kier molecular flexibility index (Phi) is 10.9. The van der Waals surface area contributed by atoms with Crippen molar-refractivity contribution < 1.29 is 32.2 Å². The van der Waals surface area contributed by atoms with Gasteiger partial charge in [-0.2, -0.15) is 4.31 Å². The molecule has 3 aromatic carbocycles. The zero-order valence-corrected chi connectivity index (χ0v) is 25.8. The third-order valence-electron chi connectivity index (χ3n) is 7.58. The Bertz CT molecular complexity index is 1490. The Morgan fingerprint density at radius 2 is 1.68 bits per heavy atom. The lowest BCUT2D eigenvalue weighted by Crippen LogP contribution is -2.46. The first-order valence-corrected chi connectivity index (χ1v) is 16.4. The van der Waals surface area contributed by atoms with E-state index in [1.54, 1.807) is 12.1 Å². The van der Waals surface area contributed by atoms with Crippen LogP contribution in [0.2, 0.25) is 5.02 Å². The number of ether oxygens (including phenoxy) is 3. The van der Waals surface area contributed by atoms with Crippen molar-refractivity contribution in [3.8, 4) is 5.75 Å². The fraction of sp³-hybridized carbons (Fsp3) is 0.375. The van der Waals surface area contributed by atoms with Gasteiger partial charge in [0.05, 0.1) is 24.2 Å². The van der Waals surface area contributed by atoms with E-state index in [1.165, 1.54) is 33.5 Å². The van der Waals surface area contributed by atoms with E-state index >= 15 is 0 Å². The molecule has 10 nitrogen and oxygen atoms in total. The van der Waals surface area contributed by atoms with Crippen molar-refractivity contribution >= 4 is 33.4 Å². The van der Waals surface area contributed by atoms with Gasteiger partial charge in [-0.05, 0) is 60.4 Å². The third kappa shape index (κ3) is 8.16. The van der Waals surface area contributed by atoms with Gasteiger partial charge in [0, 0.05) is 37.8 Å². The molecule has 3 aromatic rings. The Morgan fingerprint density at radius 3 is 2.34 bits per heavy atom. The van der Waals surface area contributed by atoms with E-state index in [0.717, 1.165) is 18.4 Å². The van der Waals surface area contributed by atoms with Crippen LogP contribution in [0.3, 0.4) is 0 Å². The van der Waals surface area contributed by atoms with Crippen molar-refractivity contribution in [2.24, 2.45) is 0 Å². The fourth-order valence-electron chi connectivity index (χ4n) is 5.21. The van der Waals surface area contributed by atoms with Gasteiger partial charge in [-0.1, -0.05) is 54.1 Å². The minimum Gasteiger partial charge on any atom is -0.484 e. The van der Waals surface area contributed by atoms with Crippen LogP contribution < -0.4 is 10.1 Å². The van der Waals surface area contributed by atoms with E-state index in [-0.39, 0.29) is 30.1 Å². The molecule has 0 aromatic heterocycles. The van der Waals surface area contributed by atoms with Crippen molar-refractivity contribution in [1.29, 1.82) is 0 Å². The van der Waals surface area contributed by atoms with Gasteiger partial charge >= 0.3 is 0 Å². The molecular weight excluding hydrogens is 606 g/mol. The molecule has 2 aliphatic heterocycles. The van der Waals surface area contributed by atoms with Crippen LogP contribution in [-0.4, -0.2) is 81.6 Å². The molecular formula is C32H36ClN3O7S. The van der Waals surface area contributed by atoms with Crippen molar-refractivity contribution in [2.45, 2.75) is 36.4 Å². The molecule has 0 aliphatic carbocycles. The summed E-state index contributed by atoms with van der Waals surface area (Å²) in [6, 6.07) is 21.2. The molecule has 2 heterocycles. The third-order valence-corrected chi connectivity index (χ3v) is 9.75. The summed E-state index contributed by atoms with van der Waals surface area (Å²) in [5.41, 5.74) is 1.44. The number of carbonyl (C=O) groups is 2. The predicted molar refractivity (Wildman–Crippen MR) is 165 cm³/mol. The second-order valence-electron chi connectivity index (χ2n) is 10.6. The zero-order chi connectivity index (χ0) is 30.9. The summed E-state index contributed by atoms with van der Waals surface area (Å²) in [6.45, 7) is 2.07. The first-order chi connectivity index (χ1) is 21.3. The number of carbonyl (C=O) groups excluding carboxylic acids is 2. The Morgan fingerprint density at radius 1 is 0.977 bits per heavy atom. The van der Waals surface area contributed by atoms with Crippen molar-refractivity contribution in [3.63, 3.8) is 0 Å². The first-order valence-electron chi connectivity index (χ1n) is 14.6. The molecule has 12 heteroatoms. The standard InChI is InChI=1S/C32H36ClN3O7S/c33-26-10-8-24(9-11-26)22-36(31(25-5-2-1-3-6-25)32(38)34-21-28-7-4-18-42-28)30(37)23-43-27-12-14-29(15-13-27)44(39,40)35-16-19-41-20-17-35/h1-3,5-6,8-15,28,31H,4,7,16-23H2,(H,34,38)/t28-,31+/m1/s1. The van der Waals surface area contributed by atoms with Crippen molar-refractivity contribution in [1.82, 2.24) is 14.5 Å². The van der Waals surface area contributed by atoms with Crippen molar-refractivity contribution in [2.75, 3.05) is 46.1 Å². The predicted octanol–water partition coefficient (Wildman–Crippen LogP) is 3.81. The molecule has 0 saturated carbocycles. The number of amides is 2. The van der Waals surface area contributed by atoms with Gasteiger partial charge in [-0.15, -0.1) is 0 Å². The maximum Gasteiger partial charge on any atom is 0.261 e. The van der Waals surface area contributed by atoms with Gasteiger partial charge in [0.1, 0.15) is 11.8 Å². The topological polar surface area (TPSA) is 114 Å². The summed E-state index contributed by atoms with van der Waals surface area (Å²) < 4.78 is 44.1. The number of nitrogens with one attached hydrogen (secondary N) is 1. The number of morpholine rings is 1. The van der Waals surface area contributed by atoms with Crippen LogP contribution in [0.5, 0.6) is 5.75 Å². The maximum absolute atomic E-state index is 13.9. The largest absolute Gasteiger partial charge is 0.484 e. The minimum absolute atomic E-state index is 0.0610. The lowest BCUT2D eigenvalue weighted by molar-refractivity contribution is -0.143. The molecule has 0 spiro atoms. The highest BCUT2D eigenvalue weighted by Crippen LogP contribution is 2.26. The van der Waals surface area contributed by atoms with Crippen LogP contribution in [-0.2, 0) is 35.6 Å². The van der Waals surface area contributed by atoms with Crippen LogP contribution in [0.25, 0.3) is 0 Å². The number of rotatable bonds is 12. The van der Waals surface area contributed by atoms with Crippen LogP contribution in [0.4, 0.5) is 0 Å². The van der Waals surface area contributed by atoms with Crippen LogP contribution in [0.15, 0.2) is 83.8 Å². The highest BCUT2D eigenvalue weighted by Gasteiger charge is 2.33. The number of nitrogens with zero attached hydrogens (tertiary/aromatic N) is 2. The number of hydrogen-bond donors (Lipinski definition) is 1. The van der Waals surface area contributed by atoms with E-state index < -0.39 is 22.0 Å². The van der Waals surface area contributed by atoms with Crippen LogP contribution in [0, 0.1) is 0 Å². The molecule has 0 bridgehead atoms. The highest BCUT2D eigenvalue weighted by atomic mass is 35.5. The van der Waals surface area contributed by atoms with E-state index in [9.17, 15) is 18.0 Å². The van der Waals surface area contributed by atoms with Gasteiger partial charge in [-0.3, -0.25) is 9.59 Å². The number of benzene rings is 3. The molecule has 2 amide bonds. The Balaban J connectivity index is 1.34. The highest BCUT2D eigenvalue weighted by molar-refractivity contribution is 7.89. The van der Waals surface area contributed by atoms with Crippen LogP contribution in [0.1, 0.15) is 30.0 Å². The molecule has 2 saturated heterocycles. The SMILES string of the molecule is O=C(NC[C@H]1CCCO1)[C@H](c1ccccc1)N(Cc1ccc(Cl)cc1)C(=O)COc1ccc(S(=O)(=O)N2CCOCC2)cc1. The van der Waals surface area contributed by atoms with Crippen molar-refractivity contribution in [3.05, 3.63) is 95.0 Å². The monoisotopic (exact) mass is 641 g/mol. The summed E-state index contributed by atoms with van der Waals surface area (Å²) in [5.74, 6) is -0.428. The average Bonchev–Trinajstić information content (AvgIpc) is 3.58. The molecule has 5 rings (SSSR count). The Labute approximate surface area is 262 Å². The summed E-state index contributed by atoms with van der Waals surface area (Å²) in [5, 5.41) is 3.54. The van der Waals surface area contributed by atoms with E-state index in [4.69, 9.17) is 25.8 Å². The molecule has 0 radical (unpaired) electrons. The zero-order valence-electron chi connectivity index (χ0n) is 24.3. The normalized spacial score (nSPS) is 18.0. The molecule has 2 atom stereocenters. The molecule has 2 aliphatic rings. The van der Waals surface area contributed by atoms with E-state index in [0.29, 0.717) is 55.8 Å². The lowest BCUT2D eigenvalue weighted by atomic mass is 10.0. The smallest absolute Gasteiger partial charge is 0.261 e.